The number of carboxylic acids is 1. The van der Waals surface area contributed by atoms with E-state index in [4.69, 9.17) is 9.52 Å². The molecule has 8 heteroatoms. The average Bonchev–Trinajstić information content (AvgIpc) is 3.22. The van der Waals surface area contributed by atoms with E-state index in [-0.39, 0.29) is 12.3 Å². The minimum Gasteiger partial charge on any atom is -0.481 e. The van der Waals surface area contributed by atoms with E-state index in [1.165, 1.54) is 11.2 Å². The van der Waals surface area contributed by atoms with Crippen molar-refractivity contribution in [3.63, 3.8) is 0 Å². The fraction of sp³-hybridized carbons (Fsp3) is 0.176. The molecule has 0 spiro atoms. The maximum atomic E-state index is 12.6. The van der Waals surface area contributed by atoms with Gasteiger partial charge >= 0.3 is 5.97 Å². The zero-order valence-corrected chi connectivity index (χ0v) is 14.1. The number of rotatable bonds is 5. The number of thioether (sulfide) groups is 1. The first-order valence-corrected chi connectivity index (χ1v) is 8.38. The molecule has 0 unspecified atom stereocenters. The molecule has 0 aliphatic carbocycles. The van der Waals surface area contributed by atoms with Gasteiger partial charge in [0.05, 0.1) is 18.4 Å². The van der Waals surface area contributed by atoms with Gasteiger partial charge in [0.25, 0.3) is 0 Å². The van der Waals surface area contributed by atoms with Crippen molar-refractivity contribution in [1.82, 2.24) is 0 Å². The molecule has 0 bridgehead atoms. The molecule has 1 aromatic carbocycles. The molecule has 2 heterocycles. The fourth-order valence-corrected chi connectivity index (χ4v) is 3.37. The van der Waals surface area contributed by atoms with Crippen LogP contribution in [0.25, 0.3) is 0 Å². The van der Waals surface area contributed by atoms with Crippen LogP contribution in [0.3, 0.4) is 0 Å². The fourth-order valence-electron chi connectivity index (χ4n) is 2.29. The van der Waals surface area contributed by atoms with Gasteiger partial charge in [0, 0.05) is 0 Å². The summed E-state index contributed by atoms with van der Waals surface area (Å²) in [4.78, 5) is 25.0. The van der Waals surface area contributed by atoms with Crippen LogP contribution in [-0.2, 0) is 9.59 Å². The lowest BCUT2D eigenvalue weighted by atomic mass is 10.2. The molecule has 128 valence electrons. The summed E-state index contributed by atoms with van der Waals surface area (Å²) >= 11 is 1.10. The van der Waals surface area contributed by atoms with Crippen molar-refractivity contribution in [2.24, 2.45) is 10.2 Å². The quantitative estimate of drug-likeness (QED) is 0.655. The Morgan fingerprint density at radius 3 is 2.68 bits per heavy atom. The number of hydrogen-bond acceptors (Lipinski definition) is 6. The zero-order valence-electron chi connectivity index (χ0n) is 13.3. The molecule has 1 amide bonds. The number of amides is 1. The number of carboxylic acid groups (broad SMARTS) is 1. The molecule has 1 aliphatic heterocycles. The number of furan rings is 1. The van der Waals surface area contributed by atoms with E-state index in [1.54, 1.807) is 43.3 Å². The summed E-state index contributed by atoms with van der Waals surface area (Å²) in [6.45, 7) is 1.74. The molecule has 7 nitrogen and oxygen atoms in total. The van der Waals surface area contributed by atoms with Gasteiger partial charge in [-0.15, -0.1) is 10.2 Å². The molecule has 2 aromatic rings. The van der Waals surface area contributed by atoms with Crippen LogP contribution < -0.4 is 4.90 Å². The minimum atomic E-state index is -1.03. The van der Waals surface area contributed by atoms with Crippen molar-refractivity contribution in [1.29, 1.82) is 0 Å². The van der Waals surface area contributed by atoms with Crippen LogP contribution in [0.1, 0.15) is 19.1 Å². The lowest BCUT2D eigenvalue weighted by molar-refractivity contribution is -0.138. The number of carbonyl (C=O) groups excluding carboxylic acids is 1. The topological polar surface area (TPSA) is 95.5 Å². The van der Waals surface area contributed by atoms with Crippen molar-refractivity contribution < 1.29 is 19.1 Å². The second-order valence-corrected chi connectivity index (χ2v) is 6.43. The van der Waals surface area contributed by atoms with Gasteiger partial charge in [-0.25, -0.2) is 0 Å². The Balaban J connectivity index is 1.94. The smallest absolute Gasteiger partial charge is 0.305 e. The molecule has 1 aliphatic rings. The van der Waals surface area contributed by atoms with Crippen LogP contribution in [0.2, 0.25) is 0 Å². The van der Waals surface area contributed by atoms with Crippen LogP contribution in [-0.4, -0.2) is 33.1 Å². The Morgan fingerprint density at radius 1 is 1.28 bits per heavy atom. The number of amidine groups is 1. The molecule has 0 radical (unpaired) electrons. The number of para-hydroxylation sites is 1. The number of anilines is 1. The monoisotopic (exact) mass is 357 g/mol. The van der Waals surface area contributed by atoms with Gasteiger partial charge in [0.2, 0.25) is 5.91 Å². The van der Waals surface area contributed by atoms with Crippen LogP contribution in [0.15, 0.2) is 63.3 Å². The number of aliphatic carboxylic acids is 1. The Hall–Kier alpha value is -2.87. The first-order valence-electron chi connectivity index (χ1n) is 7.50. The molecule has 25 heavy (non-hydrogen) atoms. The SMILES string of the molecule is C/C(=N/N=C1\S[C@@H](CC(=O)O)C(=O)N1c1ccccc1)c1ccco1. The standard InChI is InChI=1S/C17H15N3O4S/c1-11(13-8-5-9-24-13)18-19-17-20(12-6-3-2-4-7-12)16(23)14(25-17)10-15(21)22/h2-9,14H,10H2,1H3,(H,21,22)/b18-11-,19-17-/t14-/m0/s1. The van der Waals surface area contributed by atoms with Crippen LogP contribution >= 0.6 is 11.8 Å². The largest absolute Gasteiger partial charge is 0.481 e. The third kappa shape index (κ3) is 3.80. The highest BCUT2D eigenvalue weighted by Crippen LogP contribution is 2.33. The van der Waals surface area contributed by atoms with Crippen molar-refractivity contribution in [3.8, 4) is 0 Å². The van der Waals surface area contributed by atoms with Crippen molar-refractivity contribution in [2.75, 3.05) is 4.90 Å². The summed E-state index contributed by atoms with van der Waals surface area (Å²) in [7, 11) is 0. The summed E-state index contributed by atoms with van der Waals surface area (Å²) in [5, 5.41) is 16.9. The van der Waals surface area contributed by atoms with Gasteiger partial charge in [0.1, 0.15) is 16.7 Å². The Morgan fingerprint density at radius 2 is 2.04 bits per heavy atom. The van der Waals surface area contributed by atoms with Gasteiger partial charge in [0.15, 0.2) is 5.17 Å². The zero-order chi connectivity index (χ0) is 17.8. The summed E-state index contributed by atoms with van der Waals surface area (Å²) in [6, 6.07) is 12.5. The van der Waals surface area contributed by atoms with Gasteiger partial charge in [-0.3, -0.25) is 14.5 Å². The number of hydrogen-bond donors (Lipinski definition) is 1. The molecule has 3 rings (SSSR count). The Bertz CT molecular complexity index is 831. The molecule has 0 saturated carbocycles. The average molecular weight is 357 g/mol. The second kappa shape index (κ2) is 7.35. The third-order valence-electron chi connectivity index (χ3n) is 3.47. The number of carbonyl (C=O) groups is 2. The van der Waals surface area contributed by atoms with E-state index in [9.17, 15) is 9.59 Å². The van der Waals surface area contributed by atoms with Crippen LogP contribution in [0.4, 0.5) is 5.69 Å². The summed E-state index contributed by atoms with van der Waals surface area (Å²) in [5.74, 6) is -0.773. The second-order valence-electron chi connectivity index (χ2n) is 5.26. The minimum absolute atomic E-state index is 0.271. The highest BCUT2D eigenvalue weighted by atomic mass is 32.2. The first-order chi connectivity index (χ1) is 12.1. The van der Waals surface area contributed by atoms with Crippen molar-refractivity contribution in [2.45, 2.75) is 18.6 Å². The molecular formula is C17H15N3O4S. The molecule has 1 N–H and O–H groups in total. The molecule has 1 atom stereocenters. The highest BCUT2D eigenvalue weighted by Gasteiger charge is 2.40. The maximum Gasteiger partial charge on any atom is 0.305 e. The van der Waals surface area contributed by atoms with E-state index in [0.717, 1.165) is 11.8 Å². The molecule has 1 aromatic heterocycles. The molecule has 1 fully saturated rings. The molecule has 1 saturated heterocycles. The number of nitrogens with zero attached hydrogens (tertiary/aromatic N) is 3. The van der Waals surface area contributed by atoms with E-state index in [0.29, 0.717) is 22.3 Å². The van der Waals surface area contributed by atoms with Gasteiger partial charge < -0.3 is 9.52 Å². The van der Waals surface area contributed by atoms with E-state index in [1.807, 2.05) is 6.07 Å². The van der Waals surface area contributed by atoms with Gasteiger partial charge in [-0.2, -0.15) is 0 Å². The summed E-state index contributed by atoms with van der Waals surface area (Å²) in [6.07, 6.45) is 1.27. The third-order valence-corrected chi connectivity index (χ3v) is 4.60. The number of benzene rings is 1. The predicted octanol–water partition coefficient (Wildman–Crippen LogP) is 2.98. The van der Waals surface area contributed by atoms with Crippen molar-refractivity contribution in [3.05, 3.63) is 54.5 Å². The normalized spacial score (nSPS) is 19.6. The van der Waals surface area contributed by atoms with Crippen LogP contribution in [0, 0.1) is 0 Å². The van der Waals surface area contributed by atoms with Gasteiger partial charge in [-0.1, -0.05) is 30.0 Å². The lowest BCUT2D eigenvalue weighted by Gasteiger charge is -2.15. The summed E-state index contributed by atoms with van der Waals surface area (Å²) < 4.78 is 5.25. The highest BCUT2D eigenvalue weighted by molar-refractivity contribution is 8.16. The Kier molecular flexibility index (Phi) is 4.99. The van der Waals surface area contributed by atoms with E-state index < -0.39 is 11.2 Å². The van der Waals surface area contributed by atoms with Gasteiger partial charge in [-0.05, 0) is 31.2 Å². The van der Waals surface area contributed by atoms with Crippen LogP contribution in [0.5, 0.6) is 0 Å². The predicted molar refractivity (Wildman–Crippen MR) is 95.9 cm³/mol. The summed E-state index contributed by atoms with van der Waals surface area (Å²) in [5.41, 5.74) is 1.18. The Labute approximate surface area is 148 Å². The van der Waals surface area contributed by atoms with E-state index >= 15 is 0 Å². The lowest BCUT2D eigenvalue weighted by Crippen LogP contribution is -2.32. The molecular weight excluding hydrogens is 342 g/mol. The maximum absolute atomic E-state index is 12.6. The van der Waals surface area contributed by atoms with E-state index in [2.05, 4.69) is 10.2 Å². The first kappa shape index (κ1) is 17.0. The van der Waals surface area contributed by atoms with Crippen molar-refractivity contribution >= 4 is 40.2 Å².